The lowest BCUT2D eigenvalue weighted by Crippen LogP contribution is -2.49. The molecule has 4 nitrogen and oxygen atoms in total. The van der Waals surface area contributed by atoms with E-state index in [-0.39, 0.29) is 12.1 Å². The molecule has 0 radical (unpaired) electrons. The Balaban J connectivity index is 1.43. The van der Waals surface area contributed by atoms with E-state index in [4.69, 9.17) is 4.74 Å². The van der Waals surface area contributed by atoms with Gasteiger partial charge in [0.05, 0.1) is 0 Å². The predicted molar refractivity (Wildman–Crippen MR) is 99.1 cm³/mol. The van der Waals surface area contributed by atoms with Gasteiger partial charge in [-0.25, -0.2) is 4.79 Å². The molecular formula is C21H26N2O2. The van der Waals surface area contributed by atoms with Crippen LogP contribution in [0.5, 0.6) is 0 Å². The van der Waals surface area contributed by atoms with Crippen LogP contribution in [0.1, 0.15) is 24.5 Å². The summed E-state index contributed by atoms with van der Waals surface area (Å²) in [6, 6.07) is 20.5. The topological polar surface area (TPSA) is 41.6 Å². The van der Waals surface area contributed by atoms with Gasteiger partial charge in [0, 0.05) is 25.7 Å². The fourth-order valence-corrected chi connectivity index (χ4v) is 3.35. The van der Waals surface area contributed by atoms with Gasteiger partial charge in [0.1, 0.15) is 6.61 Å². The zero-order chi connectivity index (χ0) is 17.5. The first kappa shape index (κ1) is 17.5. The average Bonchev–Trinajstić information content (AvgIpc) is 2.64. The van der Waals surface area contributed by atoms with Crippen LogP contribution in [0.15, 0.2) is 60.7 Å². The summed E-state index contributed by atoms with van der Waals surface area (Å²) in [4.78, 5) is 14.5. The molecule has 1 aliphatic rings. The minimum atomic E-state index is -0.322. The molecule has 4 heteroatoms. The van der Waals surface area contributed by atoms with Crippen molar-refractivity contribution in [2.24, 2.45) is 5.92 Å². The zero-order valence-electron chi connectivity index (χ0n) is 14.7. The highest BCUT2D eigenvalue weighted by molar-refractivity contribution is 5.67. The van der Waals surface area contributed by atoms with E-state index in [1.807, 2.05) is 36.4 Å². The summed E-state index contributed by atoms with van der Waals surface area (Å²) < 4.78 is 5.34. The molecule has 3 rings (SSSR count). The second kappa shape index (κ2) is 8.67. The third kappa shape index (κ3) is 5.33. The van der Waals surface area contributed by atoms with Crippen LogP contribution >= 0.6 is 0 Å². The van der Waals surface area contributed by atoms with Crippen LogP contribution in [0.4, 0.5) is 4.79 Å². The molecule has 132 valence electrons. The molecule has 1 amide bonds. The summed E-state index contributed by atoms with van der Waals surface area (Å²) in [5.41, 5.74) is 2.34. The molecule has 2 aromatic rings. The van der Waals surface area contributed by atoms with Gasteiger partial charge in [0.25, 0.3) is 0 Å². The molecule has 0 aliphatic carbocycles. The Bertz CT molecular complexity index is 660. The van der Waals surface area contributed by atoms with Crippen molar-refractivity contribution >= 4 is 6.09 Å². The number of nitrogens with zero attached hydrogens (tertiary/aromatic N) is 1. The van der Waals surface area contributed by atoms with Crippen LogP contribution < -0.4 is 5.32 Å². The normalized spacial score (nSPS) is 20.8. The smallest absolute Gasteiger partial charge is 0.407 e. The molecular weight excluding hydrogens is 312 g/mol. The van der Waals surface area contributed by atoms with Crippen molar-refractivity contribution in [1.29, 1.82) is 0 Å². The number of piperidine rings is 1. The molecule has 2 unspecified atom stereocenters. The predicted octanol–water partition coefficient (Wildman–Crippen LogP) is 3.82. The summed E-state index contributed by atoms with van der Waals surface area (Å²) in [5, 5.41) is 3.04. The maximum Gasteiger partial charge on any atom is 0.407 e. The molecule has 1 N–H and O–H groups in total. The van der Waals surface area contributed by atoms with Crippen LogP contribution in [-0.4, -0.2) is 30.1 Å². The number of carbonyl (C=O) groups excluding carboxylic acids is 1. The Kier molecular flexibility index (Phi) is 6.07. The molecule has 0 spiro atoms. The maximum atomic E-state index is 12.1. The summed E-state index contributed by atoms with van der Waals surface area (Å²) in [5.74, 6) is 0.404. The number of hydrogen-bond acceptors (Lipinski definition) is 3. The van der Waals surface area contributed by atoms with Gasteiger partial charge in [-0.05, 0) is 23.5 Å². The highest BCUT2D eigenvalue weighted by atomic mass is 16.5. The van der Waals surface area contributed by atoms with Crippen molar-refractivity contribution < 1.29 is 9.53 Å². The van der Waals surface area contributed by atoms with E-state index in [9.17, 15) is 4.79 Å². The minimum absolute atomic E-state index is 0.176. The Morgan fingerprint density at radius 2 is 1.72 bits per heavy atom. The van der Waals surface area contributed by atoms with Crippen molar-refractivity contribution in [2.75, 3.05) is 13.1 Å². The van der Waals surface area contributed by atoms with E-state index >= 15 is 0 Å². The molecule has 1 saturated heterocycles. The molecule has 0 aromatic heterocycles. The van der Waals surface area contributed by atoms with E-state index in [1.165, 1.54) is 5.56 Å². The fraction of sp³-hybridized carbons (Fsp3) is 0.381. The lowest BCUT2D eigenvalue weighted by molar-refractivity contribution is 0.109. The number of carbonyl (C=O) groups is 1. The number of alkyl carbamates (subject to hydrolysis) is 1. The van der Waals surface area contributed by atoms with E-state index in [1.54, 1.807) is 0 Å². The molecule has 1 fully saturated rings. The van der Waals surface area contributed by atoms with Crippen molar-refractivity contribution in [3.63, 3.8) is 0 Å². The highest BCUT2D eigenvalue weighted by Crippen LogP contribution is 2.19. The lowest BCUT2D eigenvalue weighted by Gasteiger charge is -2.37. The Labute approximate surface area is 149 Å². The molecule has 2 atom stereocenters. The Morgan fingerprint density at radius 1 is 1.08 bits per heavy atom. The van der Waals surface area contributed by atoms with Gasteiger partial charge < -0.3 is 10.1 Å². The number of rotatable bonds is 5. The number of benzene rings is 2. The second-order valence-corrected chi connectivity index (χ2v) is 6.80. The van der Waals surface area contributed by atoms with Crippen LogP contribution in [0.25, 0.3) is 0 Å². The van der Waals surface area contributed by atoms with E-state index in [0.29, 0.717) is 12.5 Å². The van der Waals surface area contributed by atoms with Crippen molar-refractivity contribution in [2.45, 2.75) is 32.5 Å². The first-order valence-electron chi connectivity index (χ1n) is 8.94. The second-order valence-electron chi connectivity index (χ2n) is 6.80. The number of hydrogen-bond donors (Lipinski definition) is 1. The van der Waals surface area contributed by atoms with Crippen LogP contribution in [-0.2, 0) is 17.9 Å². The van der Waals surface area contributed by atoms with Gasteiger partial charge in [0.15, 0.2) is 0 Å². The van der Waals surface area contributed by atoms with Gasteiger partial charge in [0.2, 0.25) is 0 Å². The SMILES string of the molecule is CC1CN(Cc2ccccc2)CCC1NC(=O)OCc1ccccc1. The van der Waals surface area contributed by atoms with Gasteiger partial charge in [-0.2, -0.15) is 0 Å². The Morgan fingerprint density at radius 3 is 2.36 bits per heavy atom. The number of ether oxygens (including phenoxy) is 1. The first-order valence-corrected chi connectivity index (χ1v) is 8.94. The molecule has 1 heterocycles. The standard InChI is InChI=1S/C21H26N2O2/c1-17-14-23(15-18-8-4-2-5-9-18)13-12-20(17)22-21(24)25-16-19-10-6-3-7-11-19/h2-11,17,20H,12-16H2,1H3,(H,22,24). The summed E-state index contributed by atoms with van der Waals surface area (Å²) in [6.07, 6.45) is 0.631. The Hall–Kier alpha value is -2.33. The minimum Gasteiger partial charge on any atom is -0.445 e. The average molecular weight is 338 g/mol. The van der Waals surface area contributed by atoms with Crippen LogP contribution in [0.2, 0.25) is 0 Å². The summed E-state index contributed by atoms with van der Waals surface area (Å²) in [6.45, 7) is 5.45. The largest absolute Gasteiger partial charge is 0.445 e. The fourth-order valence-electron chi connectivity index (χ4n) is 3.35. The van der Waals surface area contributed by atoms with Crippen molar-refractivity contribution in [3.05, 3.63) is 71.8 Å². The van der Waals surface area contributed by atoms with Gasteiger partial charge in [-0.3, -0.25) is 4.90 Å². The third-order valence-electron chi connectivity index (χ3n) is 4.75. The molecule has 1 aliphatic heterocycles. The molecule has 0 bridgehead atoms. The molecule has 2 aromatic carbocycles. The summed E-state index contributed by atoms with van der Waals surface area (Å²) in [7, 11) is 0. The van der Waals surface area contributed by atoms with Crippen LogP contribution in [0, 0.1) is 5.92 Å². The number of nitrogens with one attached hydrogen (secondary N) is 1. The van der Waals surface area contributed by atoms with Crippen molar-refractivity contribution in [3.8, 4) is 0 Å². The van der Waals surface area contributed by atoms with E-state index < -0.39 is 0 Å². The lowest BCUT2D eigenvalue weighted by atomic mass is 9.93. The molecule has 0 saturated carbocycles. The highest BCUT2D eigenvalue weighted by Gasteiger charge is 2.27. The third-order valence-corrected chi connectivity index (χ3v) is 4.75. The first-order chi connectivity index (χ1) is 12.2. The van der Waals surface area contributed by atoms with Crippen molar-refractivity contribution in [1.82, 2.24) is 10.2 Å². The van der Waals surface area contributed by atoms with E-state index in [0.717, 1.165) is 31.6 Å². The number of amides is 1. The van der Waals surface area contributed by atoms with Gasteiger partial charge in [-0.15, -0.1) is 0 Å². The summed E-state index contributed by atoms with van der Waals surface area (Å²) >= 11 is 0. The maximum absolute atomic E-state index is 12.1. The monoisotopic (exact) mass is 338 g/mol. The van der Waals surface area contributed by atoms with Crippen LogP contribution in [0.3, 0.4) is 0 Å². The number of likely N-dealkylation sites (tertiary alicyclic amines) is 1. The zero-order valence-corrected chi connectivity index (χ0v) is 14.7. The quantitative estimate of drug-likeness (QED) is 0.901. The van der Waals surface area contributed by atoms with Gasteiger partial charge in [-0.1, -0.05) is 67.6 Å². The molecule has 25 heavy (non-hydrogen) atoms. The van der Waals surface area contributed by atoms with E-state index in [2.05, 4.69) is 41.4 Å². The van der Waals surface area contributed by atoms with Gasteiger partial charge >= 0.3 is 6.09 Å².